The number of halogens is 2. The van der Waals surface area contributed by atoms with Crippen LogP contribution in [0.25, 0.3) is 11.8 Å². The first kappa shape index (κ1) is 33.5. The van der Waals surface area contributed by atoms with Crippen LogP contribution < -0.4 is 24.4 Å². The Balaban J connectivity index is 1.50. The van der Waals surface area contributed by atoms with E-state index in [0.29, 0.717) is 47.7 Å². The molecular weight excluding hydrogens is 715 g/mol. The van der Waals surface area contributed by atoms with Crippen molar-refractivity contribution in [2.45, 2.75) is 24.5 Å². The summed E-state index contributed by atoms with van der Waals surface area (Å²) in [7, 11) is 1.51. The van der Waals surface area contributed by atoms with Crippen molar-refractivity contribution in [1.82, 2.24) is 4.57 Å². The quantitative estimate of drug-likeness (QED) is 0.112. The van der Waals surface area contributed by atoms with Crippen molar-refractivity contribution in [3.8, 4) is 11.5 Å². The number of methoxy groups -OCH3 is 1. The molecule has 1 aromatic heterocycles. The maximum Gasteiger partial charge on any atom is 0.338 e. The van der Waals surface area contributed by atoms with Crippen LogP contribution in [-0.4, -0.2) is 30.5 Å². The summed E-state index contributed by atoms with van der Waals surface area (Å²) in [6, 6.07) is 26.4. The molecule has 48 heavy (non-hydrogen) atoms. The lowest BCUT2D eigenvalue weighted by Gasteiger charge is -2.26. The van der Waals surface area contributed by atoms with Gasteiger partial charge in [0.15, 0.2) is 16.3 Å². The van der Waals surface area contributed by atoms with Crippen molar-refractivity contribution in [2.24, 2.45) is 4.99 Å². The minimum absolute atomic E-state index is 0.00402. The Bertz CT molecular complexity index is 2200. The van der Waals surface area contributed by atoms with Crippen LogP contribution in [0.4, 0.5) is 4.39 Å². The number of hydrogen-bond donors (Lipinski definition) is 0. The average Bonchev–Trinajstić information content (AvgIpc) is 3.41. The van der Waals surface area contributed by atoms with Crippen LogP contribution in [0.15, 0.2) is 116 Å². The topological polar surface area (TPSA) is 79.1 Å². The molecule has 0 radical (unpaired) electrons. The van der Waals surface area contributed by atoms with Gasteiger partial charge in [-0.2, -0.15) is 0 Å². The lowest BCUT2D eigenvalue weighted by Crippen LogP contribution is -2.40. The number of esters is 1. The van der Waals surface area contributed by atoms with Crippen LogP contribution in [0, 0.1) is 5.82 Å². The molecule has 244 valence electrons. The zero-order valence-electron chi connectivity index (χ0n) is 26.2. The largest absolute Gasteiger partial charge is 0.493 e. The summed E-state index contributed by atoms with van der Waals surface area (Å²) in [5.41, 5.74) is 3.02. The van der Waals surface area contributed by atoms with Gasteiger partial charge in [-0.1, -0.05) is 72.0 Å². The molecule has 6 rings (SSSR count). The van der Waals surface area contributed by atoms with Crippen LogP contribution in [0.3, 0.4) is 0 Å². The molecule has 7 nitrogen and oxygen atoms in total. The van der Waals surface area contributed by atoms with E-state index in [1.807, 2.05) is 60.9 Å². The van der Waals surface area contributed by atoms with Crippen molar-refractivity contribution in [2.75, 3.05) is 20.0 Å². The maximum absolute atomic E-state index is 14.3. The first-order valence-electron chi connectivity index (χ1n) is 15.0. The van der Waals surface area contributed by atoms with Crippen molar-refractivity contribution < 1.29 is 23.4 Å². The van der Waals surface area contributed by atoms with E-state index in [-0.39, 0.29) is 24.6 Å². The molecule has 1 atom stereocenters. The number of nitrogens with zero attached hydrogens (tertiary/aromatic N) is 2. The Morgan fingerprint density at radius 1 is 1.06 bits per heavy atom. The molecule has 0 unspecified atom stereocenters. The molecule has 5 aromatic rings. The molecule has 0 aliphatic carbocycles. The van der Waals surface area contributed by atoms with Gasteiger partial charge >= 0.3 is 5.97 Å². The van der Waals surface area contributed by atoms with Gasteiger partial charge in [-0.3, -0.25) is 9.36 Å². The molecule has 11 heteroatoms. The second kappa shape index (κ2) is 14.8. The SMILES string of the molecule is CCOC(=O)C1=C(c2ccccc2)N=c2s/c(=C\c3cc(Br)c(OCc4ccccc4F)c(OC)c3)c(=O)n2[C@@H]1c1ccc(SC)cc1. The van der Waals surface area contributed by atoms with Gasteiger partial charge in [0.2, 0.25) is 0 Å². The lowest BCUT2D eigenvalue weighted by atomic mass is 9.93. The summed E-state index contributed by atoms with van der Waals surface area (Å²) in [6.07, 6.45) is 3.74. The Hall–Kier alpha value is -4.45. The molecule has 0 saturated carbocycles. The number of thioether (sulfide) groups is 1. The fourth-order valence-corrected chi connectivity index (χ4v) is 7.41. The Kier molecular flexibility index (Phi) is 10.3. The van der Waals surface area contributed by atoms with Gasteiger partial charge in [0, 0.05) is 16.0 Å². The first-order valence-corrected chi connectivity index (χ1v) is 17.8. The summed E-state index contributed by atoms with van der Waals surface area (Å²) in [5.74, 6) is -0.0883. The zero-order chi connectivity index (χ0) is 33.8. The third-order valence-corrected chi connectivity index (χ3v) is 10.0. The number of aromatic nitrogens is 1. The number of hydrogen-bond acceptors (Lipinski definition) is 8. The van der Waals surface area contributed by atoms with Gasteiger partial charge < -0.3 is 14.2 Å². The number of thiazole rings is 1. The predicted molar refractivity (Wildman–Crippen MR) is 191 cm³/mol. The predicted octanol–water partition coefficient (Wildman–Crippen LogP) is 7.15. The highest BCUT2D eigenvalue weighted by atomic mass is 79.9. The van der Waals surface area contributed by atoms with E-state index in [4.69, 9.17) is 19.2 Å². The Morgan fingerprint density at radius 2 is 1.79 bits per heavy atom. The van der Waals surface area contributed by atoms with Crippen molar-refractivity contribution >= 4 is 56.8 Å². The number of ether oxygens (including phenoxy) is 3. The Morgan fingerprint density at radius 3 is 2.48 bits per heavy atom. The van der Waals surface area contributed by atoms with Crippen molar-refractivity contribution in [3.05, 3.63) is 149 Å². The van der Waals surface area contributed by atoms with Gasteiger partial charge in [-0.15, -0.1) is 11.8 Å². The number of fused-ring (bicyclic) bond motifs is 1. The van der Waals surface area contributed by atoms with Gasteiger partial charge in [0.25, 0.3) is 5.56 Å². The molecule has 0 bridgehead atoms. The van der Waals surface area contributed by atoms with E-state index in [9.17, 15) is 14.0 Å². The maximum atomic E-state index is 14.3. The highest BCUT2D eigenvalue weighted by molar-refractivity contribution is 9.10. The molecule has 0 spiro atoms. The molecule has 1 aliphatic heterocycles. The third kappa shape index (κ3) is 6.76. The molecule has 0 amide bonds. The molecular formula is C37H30BrFN2O5S2. The minimum atomic E-state index is -0.774. The highest BCUT2D eigenvalue weighted by Crippen LogP contribution is 2.38. The van der Waals surface area contributed by atoms with Crippen LogP contribution >= 0.6 is 39.0 Å². The Labute approximate surface area is 293 Å². The van der Waals surface area contributed by atoms with Crippen LogP contribution in [-0.2, 0) is 16.1 Å². The molecule has 4 aromatic carbocycles. The first-order chi connectivity index (χ1) is 23.3. The summed E-state index contributed by atoms with van der Waals surface area (Å²) >= 11 is 6.40. The second-order valence-corrected chi connectivity index (χ2v) is 13.4. The summed E-state index contributed by atoms with van der Waals surface area (Å²) in [4.78, 5) is 34.4. The monoisotopic (exact) mass is 744 g/mol. The normalized spacial score (nSPS) is 14.4. The number of carbonyl (C=O) groups excluding carboxylic acids is 1. The molecule has 0 saturated heterocycles. The van der Waals surface area contributed by atoms with E-state index < -0.39 is 12.0 Å². The lowest BCUT2D eigenvalue weighted by molar-refractivity contribution is -0.138. The number of carbonyl (C=O) groups is 1. The van der Waals surface area contributed by atoms with Crippen LogP contribution in [0.1, 0.15) is 35.2 Å². The molecule has 0 N–H and O–H groups in total. The smallest absolute Gasteiger partial charge is 0.338 e. The fraction of sp³-hybridized carbons (Fsp3) is 0.162. The minimum Gasteiger partial charge on any atom is -0.493 e. The van der Waals surface area contributed by atoms with Gasteiger partial charge in [-0.05, 0) is 76.6 Å². The third-order valence-electron chi connectivity index (χ3n) is 7.68. The summed E-state index contributed by atoms with van der Waals surface area (Å²) in [5, 5.41) is 0. The number of benzene rings is 4. The van der Waals surface area contributed by atoms with Crippen molar-refractivity contribution in [3.63, 3.8) is 0 Å². The van der Waals surface area contributed by atoms with Crippen LogP contribution in [0.2, 0.25) is 0 Å². The van der Waals surface area contributed by atoms with E-state index in [0.717, 1.165) is 16.0 Å². The van der Waals surface area contributed by atoms with Gasteiger partial charge in [-0.25, -0.2) is 14.2 Å². The van der Waals surface area contributed by atoms with Crippen molar-refractivity contribution in [1.29, 1.82) is 0 Å². The molecule has 0 fully saturated rings. The van der Waals surface area contributed by atoms with E-state index in [2.05, 4.69) is 15.9 Å². The van der Waals surface area contributed by atoms with Crippen LogP contribution in [0.5, 0.6) is 11.5 Å². The average molecular weight is 746 g/mol. The van der Waals surface area contributed by atoms with E-state index >= 15 is 0 Å². The van der Waals surface area contributed by atoms with Gasteiger partial charge in [0.05, 0.1) is 40.0 Å². The fourth-order valence-electron chi connectivity index (χ4n) is 5.42. The van der Waals surface area contributed by atoms with E-state index in [1.54, 1.807) is 59.7 Å². The summed E-state index contributed by atoms with van der Waals surface area (Å²) in [6.45, 7) is 1.93. The second-order valence-electron chi connectivity index (χ2n) is 10.6. The molecule has 1 aliphatic rings. The standard InChI is InChI=1S/C37H30BrFN2O5S2/c1-4-45-36(43)31-32(23-10-6-5-7-11-23)40-37-41(33(31)24-14-16-26(47-3)17-15-24)35(42)30(48-37)20-22-18-27(38)34(29(19-22)44-2)46-21-25-12-8-9-13-28(25)39/h5-20,33H,4,21H2,1-3H3/b30-20-/t33-/m1/s1. The highest BCUT2D eigenvalue weighted by Gasteiger charge is 2.35. The number of rotatable bonds is 10. The van der Waals surface area contributed by atoms with Gasteiger partial charge in [0.1, 0.15) is 12.4 Å². The zero-order valence-corrected chi connectivity index (χ0v) is 29.5. The molecule has 2 heterocycles. The van der Waals surface area contributed by atoms with E-state index in [1.165, 1.54) is 24.5 Å². The summed E-state index contributed by atoms with van der Waals surface area (Å²) < 4.78 is 33.9.